The first-order chi connectivity index (χ1) is 8.69. The molecule has 1 rings (SSSR count). The van der Waals surface area contributed by atoms with Gasteiger partial charge >= 0.3 is 5.97 Å². The van der Waals surface area contributed by atoms with E-state index in [2.05, 4.69) is 4.74 Å². The maximum Gasteiger partial charge on any atom is 0.325 e. The zero-order valence-electron chi connectivity index (χ0n) is 11.6. The molecule has 0 saturated heterocycles. The Morgan fingerprint density at radius 2 is 1.78 bits per heavy atom. The summed E-state index contributed by atoms with van der Waals surface area (Å²) in [5.41, 5.74) is 0. The molecule has 18 heavy (non-hydrogen) atoms. The van der Waals surface area contributed by atoms with Crippen molar-refractivity contribution in [2.24, 2.45) is 5.92 Å². The van der Waals surface area contributed by atoms with Crippen LogP contribution in [0.2, 0.25) is 0 Å². The Labute approximate surface area is 110 Å². The fraction of sp³-hybridized carbons (Fsp3) is 0.857. The number of hydrogen-bond acceptors (Lipinski definition) is 3. The average Bonchev–Trinajstić information content (AvgIpc) is 2.66. The van der Waals surface area contributed by atoms with E-state index in [4.69, 9.17) is 0 Å². The third-order valence-electron chi connectivity index (χ3n) is 3.56. The van der Waals surface area contributed by atoms with Gasteiger partial charge in [0, 0.05) is 12.5 Å². The van der Waals surface area contributed by atoms with Crippen molar-refractivity contribution in [3.63, 3.8) is 0 Å². The van der Waals surface area contributed by atoms with E-state index in [0.29, 0.717) is 6.54 Å². The summed E-state index contributed by atoms with van der Waals surface area (Å²) in [6, 6.07) is 0. The highest BCUT2D eigenvalue weighted by molar-refractivity contribution is 5.83. The van der Waals surface area contributed by atoms with Gasteiger partial charge in [-0.15, -0.1) is 0 Å². The maximum absolute atomic E-state index is 12.4. The van der Waals surface area contributed by atoms with Crippen LogP contribution in [0.25, 0.3) is 0 Å². The van der Waals surface area contributed by atoms with Gasteiger partial charge < -0.3 is 9.64 Å². The van der Waals surface area contributed by atoms with Crippen LogP contribution >= 0.6 is 0 Å². The molecule has 1 amide bonds. The van der Waals surface area contributed by atoms with Crippen LogP contribution in [0.3, 0.4) is 0 Å². The highest BCUT2D eigenvalue weighted by atomic mass is 16.5. The van der Waals surface area contributed by atoms with Gasteiger partial charge in [-0.2, -0.15) is 0 Å². The largest absolute Gasteiger partial charge is 0.468 e. The standard InChI is InChI=1S/C14H25NO3/c1-3-10-15(11-13(16)18-2)14(17)12-8-6-4-5-7-9-12/h12H,3-11H2,1-2H3. The predicted molar refractivity (Wildman–Crippen MR) is 70.1 cm³/mol. The van der Waals surface area contributed by atoms with Gasteiger partial charge in [-0.25, -0.2) is 0 Å². The Hall–Kier alpha value is -1.06. The minimum absolute atomic E-state index is 0.0969. The normalized spacial score (nSPS) is 17.0. The van der Waals surface area contributed by atoms with Crippen molar-refractivity contribution in [2.45, 2.75) is 51.9 Å². The summed E-state index contributed by atoms with van der Waals surface area (Å²) in [4.78, 5) is 25.4. The number of carbonyl (C=O) groups excluding carboxylic acids is 2. The lowest BCUT2D eigenvalue weighted by atomic mass is 9.98. The zero-order chi connectivity index (χ0) is 13.4. The Morgan fingerprint density at radius 1 is 1.17 bits per heavy atom. The van der Waals surface area contributed by atoms with Gasteiger partial charge in [0.05, 0.1) is 7.11 Å². The molecule has 0 bridgehead atoms. The molecule has 104 valence electrons. The predicted octanol–water partition coefficient (Wildman–Crippen LogP) is 2.37. The minimum atomic E-state index is -0.328. The number of methoxy groups -OCH3 is 1. The molecule has 0 spiro atoms. The molecule has 1 fully saturated rings. The van der Waals surface area contributed by atoms with Crippen molar-refractivity contribution in [3.8, 4) is 0 Å². The average molecular weight is 255 g/mol. The summed E-state index contributed by atoms with van der Waals surface area (Å²) in [5.74, 6) is -0.0710. The fourth-order valence-corrected chi connectivity index (χ4v) is 2.54. The van der Waals surface area contributed by atoms with E-state index in [1.165, 1.54) is 20.0 Å². The molecule has 4 heteroatoms. The number of amides is 1. The number of esters is 1. The monoisotopic (exact) mass is 255 g/mol. The molecular formula is C14H25NO3. The summed E-state index contributed by atoms with van der Waals surface area (Å²) >= 11 is 0. The first-order valence-electron chi connectivity index (χ1n) is 7.04. The molecule has 0 N–H and O–H groups in total. The van der Waals surface area contributed by atoms with Crippen molar-refractivity contribution in [2.75, 3.05) is 20.2 Å². The van der Waals surface area contributed by atoms with E-state index >= 15 is 0 Å². The Kier molecular flexibility index (Phi) is 6.76. The van der Waals surface area contributed by atoms with Gasteiger partial charge in [-0.1, -0.05) is 32.6 Å². The molecule has 1 aliphatic rings. The zero-order valence-corrected chi connectivity index (χ0v) is 11.6. The topological polar surface area (TPSA) is 46.6 Å². The van der Waals surface area contributed by atoms with E-state index in [0.717, 1.165) is 32.1 Å². The number of nitrogens with zero attached hydrogens (tertiary/aromatic N) is 1. The second-order valence-electron chi connectivity index (χ2n) is 5.02. The molecule has 0 aromatic rings. The van der Waals surface area contributed by atoms with Crippen LogP contribution in [-0.2, 0) is 14.3 Å². The summed E-state index contributed by atoms with van der Waals surface area (Å²) in [7, 11) is 1.36. The number of hydrogen-bond donors (Lipinski definition) is 0. The summed E-state index contributed by atoms with van der Waals surface area (Å²) in [5, 5.41) is 0. The van der Waals surface area contributed by atoms with Crippen molar-refractivity contribution in [1.82, 2.24) is 4.90 Å². The Bertz CT molecular complexity index is 270. The van der Waals surface area contributed by atoms with Crippen LogP contribution in [0, 0.1) is 5.92 Å². The third-order valence-corrected chi connectivity index (χ3v) is 3.56. The molecule has 0 aliphatic heterocycles. The van der Waals surface area contributed by atoms with Gasteiger partial charge in [0.2, 0.25) is 5.91 Å². The van der Waals surface area contributed by atoms with Crippen LogP contribution in [0.15, 0.2) is 0 Å². The third kappa shape index (κ3) is 4.67. The SMILES string of the molecule is CCCN(CC(=O)OC)C(=O)C1CCCCCC1. The van der Waals surface area contributed by atoms with Crippen molar-refractivity contribution < 1.29 is 14.3 Å². The number of rotatable bonds is 5. The molecule has 1 aliphatic carbocycles. The van der Waals surface area contributed by atoms with Crippen molar-refractivity contribution in [1.29, 1.82) is 0 Å². The van der Waals surface area contributed by atoms with Gasteiger partial charge in [0.1, 0.15) is 6.54 Å². The minimum Gasteiger partial charge on any atom is -0.468 e. The van der Waals surface area contributed by atoms with E-state index in [1.807, 2.05) is 6.92 Å². The summed E-state index contributed by atoms with van der Waals surface area (Å²) in [6.45, 7) is 2.76. The second-order valence-corrected chi connectivity index (χ2v) is 5.02. The first-order valence-corrected chi connectivity index (χ1v) is 7.04. The lowest BCUT2D eigenvalue weighted by molar-refractivity contribution is -0.148. The van der Waals surface area contributed by atoms with Crippen LogP contribution in [0.4, 0.5) is 0 Å². The molecule has 4 nitrogen and oxygen atoms in total. The van der Waals surface area contributed by atoms with Crippen molar-refractivity contribution in [3.05, 3.63) is 0 Å². The number of ether oxygens (including phenoxy) is 1. The van der Waals surface area contributed by atoms with Crippen LogP contribution in [0.1, 0.15) is 51.9 Å². The Morgan fingerprint density at radius 3 is 2.28 bits per heavy atom. The summed E-state index contributed by atoms with van der Waals surface area (Å²) in [6.07, 6.45) is 7.54. The molecule has 0 aromatic heterocycles. The second kappa shape index (κ2) is 8.11. The molecule has 0 heterocycles. The molecule has 0 atom stereocenters. The van der Waals surface area contributed by atoms with Crippen LogP contribution < -0.4 is 0 Å². The molecule has 0 aromatic carbocycles. The smallest absolute Gasteiger partial charge is 0.325 e. The molecule has 0 radical (unpaired) electrons. The number of carbonyl (C=O) groups is 2. The van der Waals surface area contributed by atoms with Crippen molar-refractivity contribution >= 4 is 11.9 Å². The van der Waals surface area contributed by atoms with E-state index < -0.39 is 0 Å². The Balaban J connectivity index is 2.58. The van der Waals surface area contributed by atoms with E-state index in [-0.39, 0.29) is 24.3 Å². The van der Waals surface area contributed by atoms with E-state index in [9.17, 15) is 9.59 Å². The highest BCUT2D eigenvalue weighted by Crippen LogP contribution is 2.24. The quantitative estimate of drug-likeness (QED) is 0.559. The lowest BCUT2D eigenvalue weighted by Gasteiger charge is -2.25. The fourth-order valence-electron chi connectivity index (χ4n) is 2.54. The molecular weight excluding hydrogens is 230 g/mol. The molecule has 1 saturated carbocycles. The van der Waals surface area contributed by atoms with Crippen LogP contribution in [-0.4, -0.2) is 37.0 Å². The highest BCUT2D eigenvalue weighted by Gasteiger charge is 2.26. The molecule has 0 unspecified atom stereocenters. The van der Waals surface area contributed by atoms with Gasteiger partial charge in [-0.05, 0) is 19.3 Å². The summed E-state index contributed by atoms with van der Waals surface area (Å²) < 4.78 is 4.66. The van der Waals surface area contributed by atoms with E-state index in [1.54, 1.807) is 4.90 Å². The van der Waals surface area contributed by atoms with Gasteiger partial charge in [0.25, 0.3) is 0 Å². The van der Waals surface area contributed by atoms with Crippen LogP contribution in [0.5, 0.6) is 0 Å². The first kappa shape index (κ1) is 15.0. The van der Waals surface area contributed by atoms with Gasteiger partial charge in [0.15, 0.2) is 0 Å². The van der Waals surface area contributed by atoms with Gasteiger partial charge in [-0.3, -0.25) is 9.59 Å². The lowest BCUT2D eigenvalue weighted by Crippen LogP contribution is -2.40. The maximum atomic E-state index is 12.4.